The molecule has 66 valence electrons. The first-order valence-electron chi connectivity index (χ1n) is 3.25. The predicted octanol–water partition coefficient (Wildman–Crippen LogP) is 0.835. The highest BCUT2D eigenvalue weighted by atomic mass is 28.1. The van der Waals surface area contributed by atoms with Crippen molar-refractivity contribution in [2.45, 2.75) is 6.18 Å². The number of rotatable bonds is 0. The van der Waals surface area contributed by atoms with Crippen molar-refractivity contribution in [1.29, 1.82) is 0 Å². The van der Waals surface area contributed by atoms with E-state index in [9.17, 15) is 17.6 Å². The molecule has 0 aliphatic carbocycles. The third-order valence-corrected chi connectivity index (χ3v) is 2.59. The molecule has 1 rings (SSSR count). The number of hydrogen-bond donors (Lipinski definition) is 0. The Morgan fingerprint density at radius 2 is 1.75 bits per heavy atom. The van der Waals surface area contributed by atoms with Gasteiger partial charge >= 0.3 is 6.18 Å². The Bertz CT molecular complexity index is 292. The second-order valence-corrected chi connectivity index (χ2v) is 3.41. The molecule has 0 atom stereocenters. The lowest BCUT2D eigenvalue weighted by Gasteiger charge is -2.09. The van der Waals surface area contributed by atoms with E-state index in [-0.39, 0.29) is 15.4 Å². The van der Waals surface area contributed by atoms with Gasteiger partial charge in [-0.3, -0.25) is 0 Å². The van der Waals surface area contributed by atoms with Crippen LogP contribution in [0, 0.1) is 5.82 Å². The molecule has 0 amide bonds. The van der Waals surface area contributed by atoms with Crippen LogP contribution >= 0.6 is 0 Å². The van der Waals surface area contributed by atoms with E-state index in [1.165, 1.54) is 0 Å². The fraction of sp³-hybridized carbons (Fsp3) is 0.143. The molecule has 0 N–H and O–H groups in total. The van der Waals surface area contributed by atoms with E-state index in [4.69, 9.17) is 0 Å². The van der Waals surface area contributed by atoms with Gasteiger partial charge in [0.15, 0.2) is 0 Å². The van der Waals surface area contributed by atoms with Crippen LogP contribution in [-0.4, -0.2) is 10.2 Å². The molecular formula is C7H6F4Si. The summed E-state index contributed by atoms with van der Waals surface area (Å²) < 4.78 is 48.9. The van der Waals surface area contributed by atoms with E-state index in [0.717, 1.165) is 18.2 Å². The third kappa shape index (κ3) is 1.66. The van der Waals surface area contributed by atoms with E-state index < -0.39 is 17.6 Å². The van der Waals surface area contributed by atoms with Gasteiger partial charge in [0.05, 0.1) is 5.56 Å². The monoisotopic (exact) mass is 194 g/mol. The zero-order valence-electron chi connectivity index (χ0n) is 6.24. The highest BCUT2D eigenvalue weighted by Gasteiger charge is 2.32. The lowest BCUT2D eigenvalue weighted by Crippen LogP contribution is -2.22. The summed E-state index contributed by atoms with van der Waals surface area (Å²) in [7, 11) is 0.0636. The third-order valence-electron chi connectivity index (χ3n) is 1.57. The van der Waals surface area contributed by atoms with Crippen molar-refractivity contribution in [2.24, 2.45) is 0 Å². The summed E-state index contributed by atoms with van der Waals surface area (Å²) in [5.74, 6) is -0.767. The molecule has 0 nitrogen and oxygen atoms in total. The maximum Gasteiger partial charge on any atom is 0.416 e. The molecule has 12 heavy (non-hydrogen) atoms. The zero-order chi connectivity index (χ0) is 9.35. The fourth-order valence-corrected chi connectivity index (χ4v) is 1.53. The Labute approximate surface area is 69.6 Å². The van der Waals surface area contributed by atoms with Crippen molar-refractivity contribution in [2.75, 3.05) is 0 Å². The molecule has 0 aromatic heterocycles. The van der Waals surface area contributed by atoms with Gasteiger partial charge in [-0.25, -0.2) is 4.39 Å². The van der Waals surface area contributed by atoms with Crippen molar-refractivity contribution in [3.8, 4) is 0 Å². The van der Waals surface area contributed by atoms with E-state index >= 15 is 0 Å². The summed E-state index contributed by atoms with van der Waals surface area (Å²) in [4.78, 5) is 0. The number of alkyl halides is 3. The van der Waals surface area contributed by atoms with Gasteiger partial charge in [-0.05, 0) is 17.3 Å². The molecule has 0 spiro atoms. The van der Waals surface area contributed by atoms with Gasteiger partial charge in [0.2, 0.25) is 0 Å². The standard InChI is InChI=1S/C7H6F4Si/c8-5-3-1-2-4(6(5)12)7(9,10)11/h1-3H,12H3. The Kier molecular flexibility index (Phi) is 2.23. The zero-order valence-corrected chi connectivity index (χ0v) is 8.24. The number of hydrogen-bond acceptors (Lipinski definition) is 0. The Balaban J connectivity index is 3.26. The smallest absolute Gasteiger partial charge is 0.207 e. The van der Waals surface area contributed by atoms with Crippen LogP contribution in [0.5, 0.6) is 0 Å². The van der Waals surface area contributed by atoms with Crippen molar-refractivity contribution >= 4 is 15.4 Å². The van der Waals surface area contributed by atoms with Crippen molar-refractivity contribution < 1.29 is 17.6 Å². The minimum atomic E-state index is -4.43. The number of halogens is 4. The maximum atomic E-state index is 12.6. The van der Waals surface area contributed by atoms with Gasteiger partial charge in [-0.1, -0.05) is 6.07 Å². The Morgan fingerprint density at radius 1 is 1.17 bits per heavy atom. The summed E-state index contributed by atoms with van der Waals surface area (Å²) in [6.07, 6.45) is -4.43. The lowest BCUT2D eigenvalue weighted by atomic mass is 10.2. The first-order valence-corrected chi connectivity index (χ1v) is 4.25. The van der Waals surface area contributed by atoms with Gasteiger partial charge in [0.1, 0.15) is 5.82 Å². The molecule has 0 saturated heterocycles. The molecule has 0 aliphatic heterocycles. The van der Waals surface area contributed by atoms with Crippen molar-refractivity contribution in [3.05, 3.63) is 29.6 Å². The van der Waals surface area contributed by atoms with E-state index in [2.05, 4.69) is 0 Å². The second kappa shape index (κ2) is 2.89. The van der Waals surface area contributed by atoms with Gasteiger partial charge in [-0.15, -0.1) is 0 Å². The normalized spacial score (nSPS) is 12.0. The van der Waals surface area contributed by atoms with Crippen LogP contribution in [0.4, 0.5) is 17.6 Å². The topological polar surface area (TPSA) is 0 Å². The predicted molar refractivity (Wildman–Crippen MR) is 41.0 cm³/mol. The molecule has 0 saturated carbocycles. The van der Waals surface area contributed by atoms with Crippen LogP contribution in [0.1, 0.15) is 5.56 Å². The van der Waals surface area contributed by atoms with Crippen LogP contribution < -0.4 is 5.19 Å². The Hall–Kier alpha value is -0.843. The SMILES string of the molecule is Fc1cccc(C(F)(F)F)c1[SiH3]. The van der Waals surface area contributed by atoms with E-state index in [0.29, 0.717) is 0 Å². The second-order valence-electron chi connectivity index (χ2n) is 2.41. The summed E-state index contributed by atoms with van der Waals surface area (Å²) in [5, 5.41) is -0.218. The highest BCUT2D eigenvalue weighted by molar-refractivity contribution is 6.33. The lowest BCUT2D eigenvalue weighted by molar-refractivity contribution is -0.136. The summed E-state index contributed by atoms with van der Waals surface area (Å²) in [6.45, 7) is 0. The average Bonchev–Trinajstić information content (AvgIpc) is 1.92. The quantitative estimate of drug-likeness (QED) is 0.424. The minimum absolute atomic E-state index is 0.0636. The fourth-order valence-electron chi connectivity index (χ4n) is 0.915. The molecule has 0 fully saturated rings. The average molecular weight is 194 g/mol. The summed E-state index contributed by atoms with van der Waals surface area (Å²) in [6, 6.07) is 3.00. The van der Waals surface area contributed by atoms with Gasteiger partial charge < -0.3 is 0 Å². The van der Waals surface area contributed by atoms with Crippen LogP contribution in [0.3, 0.4) is 0 Å². The molecule has 0 heterocycles. The van der Waals surface area contributed by atoms with E-state index in [1.54, 1.807) is 0 Å². The molecule has 0 bridgehead atoms. The molecular weight excluding hydrogens is 188 g/mol. The first kappa shape index (κ1) is 9.25. The van der Waals surface area contributed by atoms with Gasteiger partial charge in [0.25, 0.3) is 0 Å². The largest absolute Gasteiger partial charge is 0.416 e. The molecule has 5 heteroatoms. The Morgan fingerprint density at radius 3 is 2.17 bits per heavy atom. The van der Waals surface area contributed by atoms with Gasteiger partial charge in [0, 0.05) is 10.2 Å². The van der Waals surface area contributed by atoms with E-state index in [1.807, 2.05) is 0 Å². The molecule has 0 aliphatic rings. The van der Waals surface area contributed by atoms with Gasteiger partial charge in [-0.2, -0.15) is 13.2 Å². The maximum absolute atomic E-state index is 12.6. The van der Waals surface area contributed by atoms with Crippen molar-refractivity contribution in [3.63, 3.8) is 0 Å². The van der Waals surface area contributed by atoms with Crippen molar-refractivity contribution in [1.82, 2.24) is 0 Å². The first-order chi connectivity index (χ1) is 5.43. The summed E-state index contributed by atoms with van der Waals surface area (Å²) >= 11 is 0. The number of benzene rings is 1. The van der Waals surface area contributed by atoms with Crippen LogP contribution in [0.15, 0.2) is 18.2 Å². The molecule has 1 aromatic rings. The van der Waals surface area contributed by atoms with Crippen LogP contribution in [0.2, 0.25) is 0 Å². The molecule has 1 aromatic carbocycles. The molecule has 0 unspecified atom stereocenters. The molecule has 0 radical (unpaired) electrons. The van der Waals surface area contributed by atoms with Crippen LogP contribution in [0.25, 0.3) is 0 Å². The van der Waals surface area contributed by atoms with Crippen LogP contribution in [-0.2, 0) is 6.18 Å². The summed E-state index contributed by atoms with van der Waals surface area (Å²) in [5.41, 5.74) is -0.853. The highest BCUT2D eigenvalue weighted by Crippen LogP contribution is 2.27. The minimum Gasteiger partial charge on any atom is -0.207 e.